The summed E-state index contributed by atoms with van der Waals surface area (Å²) in [5.74, 6) is 0.266. The van der Waals surface area contributed by atoms with E-state index in [4.69, 9.17) is 9.47 Å². The zero-order valence-electron chi connectivity index (χ0n) is 11.6. The fourth-order valence-electron chi connectivity index (χ4n) is 1.51. The maximum atomic E-state index is 11.9. The Hall–Kier alpha value is -1.60. The van der Waals surface area contributed by atoms with Gasteiger partial charge < -0.3 is 9.47 Å². The van der Waals surface area contributed by atoms with Gasteiger partial charge in [0, 0.05) is 13.0 Å². The van der Waals surface area contributed by atoms with Crippen LogP contribution in [0.2, 0.25) is 0 Å². The van der Waals surface area contributed by atoms with Gasteiger partial charge in [0.25, 0.3) is 0 Å². The van der Waals surface area contributed by atoms with Crippen molar-refractivity contribution in [3.05, 3.63) is 24.3 Å². The standard InChI is InChI=1S/C13H19NO5S/c1-3-19-13(15)5-4-10-14-20(16,17)12-8-6-11(18-2)7-9-12/h6-9,14H,3-5,10H2,1-2H3. The molecule has 0 bridgehead atoms. The van der Waals surface area contributed by atoms with Crippen LogP contribution in [0.1, 0.15) is 19.8 Å². The molecule has 1 aromatic rings. The van der Waals surface area contributed by atoms with Crippen LogP contribution in [-0.2, 0) is 19.6 Å². The number of sulfonamides is 1. The fourth-order valence-corrected chi connectivity index (χ4v) is 2.58. The summed E-state index contributed by atoms with van der Waals surface area (Å²) in [6.07, 6.45) is 0.590. The molecule has 0 aromatic heterocycles. The summed E-state index contributed by atoms with van der Waals surface area (Å²) in [6, 6.07) is 6.08. The van der Waals surface area contributed by atoms with Crippen molar-refractivity contribution < 1.29 is 22.7 Å². The summed E-state index contributed by atoms with van der Waals surface area (Å²) >= 11 is 0. The summed E-state index contributed by atoms with van der Waals surface area (Å²) in [7, 11) is -2.04. The molecule has 6 nitrogen and oxygen atoms in total. The molecule has 1 aromatic carbocycles. The number of methoxy groups -OCH3 is 1. The predicted molar refractivity (Wildman–Crippen MR) is 74.0 cm³/mol. The van der Waals surface area contributed by atoms with Crippen LogP contribution in [0.25, 0.3) is 0 Å². The lowest BCUT2D eigenvalue weighted by molar-refractivity contribution is -0.143. The Morgan fingerprint density at radius 2 is 1.90 bits per heavy atom. The van der Waals surface area contributed by atoms with Crippen molar-refractivity contribution in [2.45, 2.75) is 24.7 Å². The topological polar surface area (TPSA) is 81.7 Å². The number of rotatable bonds is 8. The lowest BCUT2D eigenvalue weighted by Gasteiger charge is -2.07. The van der Waals surface area contributed by atoms with E-state index >= 15 is 0 Å². The monoisotopic (exact) mass is 301 g/mol. The summed E-state index contributed by atoms with van der Waals surface area (Å²) in [5, 5.41) is 0. The second-order valence-electron chi connectivity index (χ2n) is 3.98. The number of hydrogen-bond acceptors (Lipinski definition) is 5. The average Bonchev–Trinajstić information content (AvgIpc) is 2.44. The first-order valence-corrected chi connectivity index (χ1v) is 7.77. The van der Waals surface area contributed by atoms with Gasteiger partial charge in [-0.15, -0.1) is 0 Å². The van der Waals surface area contributed by atoms with Gasteiger partial charge in [0.05, 0.1) is 18.6 Å². The fraction of sp³-hybridized carbons (Fsp3) is 0.462. The van der Waals surface area contributed by atoms with E-state index in [2.05, 4.69) is 4.72 Å². The first kappa shape index (κ1) is 16.5. The average molecular weight is 301 g/mol. The molecule has 0 saturated heterocycles. The number of hydrogen-bond donors (Lipinski definition) is 1. The second kappa shape index (κ2) is 7.86. The molecular formula is C13H19NO5S. The molecule has 0 saturated carbocycles. The molecule has 0 aliphatic carbocycles. The van der Waals surface area contributed by atoms with Crippen LogP contribution in [0.5, 0.6) is 5.75 Å². The van der Waals surface area contributed by atoms with Gasteiger partial charge >= 0.3 is 5.97 Å². The number of esters is 1. The Labute approximate surface area is 119 Å². The molecule has 0 amide bonds. The molecule has 0 aliphatic heterocycles. The third kappa shape index (κ3) is 5.18. The second-order valence-corrected chi connectivity index (χ2v) is 5.75. The van der Waals surface area contributed by atoms with Crippen molar-refractivity contribution in [1.82, 2.24) is 4.72 Å². The van der Waals surface area contributed by atoms with Gasteiger partial charge in [0.1, 0.15) is 5.75 Å². The van der Waals surface area contributed by atoms with Gasteiger partial charge in [-0.3, -0.25) is 4.79 Å². The maximum Gasteiger partial charge on any atom is 0.305 e. The Morgan fingerprint density at radius 1 is 1.25 bits per heavy atom. The van der Waals surface area contributed by atoms with Crippen LogP contribution < -0.4 is 9.46 Å². The van der Waals surface area contributed by atoms with E-state index in [1.54, 1.807) is 19.1 Å². The zero-order chi connectivity index (χ0) is 15.0. The first-order valence-electron chi connectivity index (χ1n) is 6.29. The van der Waals surface area contributed by atoms with Crippen molar-refractivity contribution in [2.75, 3.05) is 20.3 Å². The van der Waals surface area contributed by atoms with Gasteiger partial charge in [-0.1, -0.05) is 0 Å². The quantitative estimate of drug-likeness (QED) is 0.578. The SMILES string of the molecule is CCOC(=O)CCCNS(=O)(=O)c1ccc(OC)cc1. The molecule has 112 valence electrons. The van der Waals surface area contributed by atoms with E-state index in [1.165, 1.54) is 19.2 Å². The number of benzene rings is 1. The minimum Gasteiger partial charge on any atom is -0.497 e. The van der Waals surface area contributed by atoms with E-state index in [1.807, 2.05) is 0 Å². The highest BCUT2D eigenvalue weighted by molar-refractivity contribution is 7.89. The molecular weight excluding hydrogens is 282 g/mol. The molecule has 1 N–H and O–H groups in total. The molecule has 0 fully saturated rings. The number of nitrogens with one attached hydrogen (secondary N) is 1. The van der Waals surface area contributed by atoms with Crippen LogP contribution in [-0.4, -0.2) is 34.6 Å². The molecule has 0 radical (unpaired) electrons. The Bertz CT molecular complexity index is 524. The van der Waals surface area contributed by atoms with Crippen LogP contribution >= 0.6 is 0 Å². The van der Waals surface area contributed by atoms with Gasteiger partial charge in [-0.25, -0.2) is 13.1 Å². The Morgan fingerprint density at radius 3 is 2.45 bits per heavy atom. The largest absolute Gasteiger partial charge is 0.497 e. The van der Waals surface area contributed by atoms with Gasteiger partial charge in [0.15, 0.2) is 0 Å². The molecule has 0 aliphatic rings. The molecule has 0 atom stereocenters. The highest BCUT2D eigenvalue weighted by atomic mass is 32.2. The third-order valence-corrected chi connectivity index (χ3v) is 4.00. The number of carbonyl (C=O) groups is 1. The van der Waals surface area contributed by atoms with Crippen LogP contribution in [0.3, 0.4) is 0 Å². The summed E-state index contributed by atoms with van der Waals surface area (Å²) < 4.78 is 36.0. The first-order chi connectivity index (χ1) is 9.49. The molecule has 7 heteroatoms. The van der Waals surface area contributed by atoms with Crippen LogP contribution in [0.4, 0.5) is 0 Å². The summed E-state index contributed by atoms with van der Waals surface area (Å²) in [5.41, 5.74) is 0. The summed E-state index contributed by atoms with van der Waals surface area (Å²) in [6.45, 7) is 2.24. The smallest absolute Gasteiger partial charge is 0.305 e. The highest BCUT2D eigenvalue weighted by Gasteiger charge is 2.13. The van der Waals surface area contributed by atoms with E-state index in [9.17, 15) is 13.2 Å². The third-order valence-electron chi connectivity index (χ3n) is 2.52. The lowest BCUT2D eigenvalue weighted by atomic mass is 10.3. The van der Waals surface area contributed by atoms with Crippen molar-refractivity contribution in [3.63, 3.8) is 0 Å². The highest BCUT2D eigenvalue weighted by Crippen LogP contribution is 2.15. The molecule has 0 spiro atoms. The van der Waals surface area contributed by atoms with Gasteiger partial charge in [-0.2, -0.15) is 0 Å². The van der Waals surface area contributed by atoms with Crippen molar-refractivity contribution >= 4 is 16.0 Å². The zero-order valence-corrected chi connectivity index (χ0v) is 12.4. The van der Waals surface area contributed by atoms with Gasteiger partial charge in [0.2, 0.25) is 10.0 Å². The van der Waals surface area contributed by atoms with E-state index < -0.39 is 10.0 Å². The van der Waals surface area contributed by atoms with Crippen LogP contribution in [0.15, 0.2) is 29.2 Å². The number of ether oxygens (including phenoxy) is 2. The molecule has 0 unspecified atom stereocenters. The minimum atomic E-state index is -3.55. The summed E-state index contributed by atoms with van der Waals surface area (Å²) in [4.78, 5) is 11.3. The van der Waals surface area contributed by atoms with E-state index in [0.717, 1.165) is 0 Å². The van der Waals surface area contributed by atoms with Crippen molar-refractivity contribution in [1.29, 1.82) is 0 Å². The normalized spacial score (nSPS) is 11.1. The maximum absolute atomic E-state index is 11.9. The van der Waals surface area contributed by atoms with Crippen molar-refractivity contribution in [3.8, 4) is 5.75 Å². The Balaban J connectivity index is 2.47. The van der Waals surface area contributed by atoms with Gasteiger partial charge in [-0.05, 0) is 37.6 Å². The van der Waals surface area contributed by atoms with E-state index in [-0.39, 0.29) is 23.8 Å². The molecule has 20 heavy (non-hydrogen) atoms. The van der Waals surface area contributed by atoms with E-state index in [0.29, 0.717) is 18.8 Å². The number of carbonyl (C=O) groups excluding carboxylic acids is 1. The van der Waals surface area contributed by atoms with Crippen LogP contribution in [0, 0.1) is 0 Å². The molecule has 0 heterocycles. The predicted octanol–water partition coefficient (Wildman–Crippen LogP) is 1.32. The minimum absolute atomic E-state index is 0.162. The lowest BCUT2D eigenvalue weighted by Crippen LogP contribution is -2.25. The Kier molecular flexibility index (Phi) is 6.47. The molecule has 1 rings (SSSR count). The van der Waals surface area contributed by atoms with Crippen molar-refractivity contribution in [2.24, 2.45) is 0 Å².